The number of aliphatic hydroxyl groups excluding tert-OH is 1. The van der Waals surface area contributed by atoms with Crippen LogP contribution in [-0.2, 0) is 4.74 Å². The number of rotatable bonds is 5. The fourth-order valence-electron chi connectivity index (χ4n) is 3.14. The van der Waals surface area contributed by atoms with Crippen molar-refractivity contribution in [1.29, 1.82) is 0 Å². The first-order valence-electron chi connectivity index (χ1n) is 8.62. The van der Waals surface area contributed by atoms with E-state index in [9.17, 15) is 5.11 Å². The van der Waals surface area contributed by atoms with Crippen molar-refractivity contribution < 1.29 is 9.84 Å². The van der Waals surface area contributed by atoms with E-state index in [1.54, 1.807) is 0 Å². The van der Waals surface area contributed by atoms with Gasteiger partial charge in [0.05, 0.1) is 25.4 Å². The Kier molecular flexibility index (Phi) is 7.30. The lowest BCUT2D eigenvalue weighted by molar-refractivity contribution is 0.0486. The quantitative estimate of drug-likeness (QED) is 0.351. The van der Waals surface area contributed by atoms with Crippen molar-refractivity contribution in [3.8, 4) is 0 Å². The van der Waals surface area contributed by atoms with Crippen molar-refractivity contribution >= 4 is 5.96 Å². The Labute approximate surface area is 128 Å². The van der Waals surface area contributed by atoms with Crippen LogP contribution in [0, 0.1) is 0 Å². The number of aliphatic hydroxyl groups is 1. The van der Waals surface area contributed by atoms with Gasteiger partial charge in [0.25, 0.3) is 0 Å². The Hall–Kier alpha value is -0.810. The summed E-state index contributed by atoms with van der Waals surface area (Å²) in [6.07, 6.45) is 8.83. The van der Waals surface area contributed by atoms with Crippen LogP contribution in [0.2, 0.25) is 0 Å². The molecule has 1 aliphatic heterocycles. The number of guanidine groups is 1. The predicted molar refractivity (Wildman–Crippen MR) is 85.6 cm³/mol. The molecule has 2 aliphatic rings. The molecule has 1 atom stereocenters. The lowest BCUT2D eigenvalue weighted by atomic mass is 10.1. The monoisotopic (exact) mass is 297 g/mol. The second-order valence-corrected chi connectivity index (χ2v) is 6.11. The molecule has 5 heteroatoms. The van der Waals surface area contributed by atoms with Crippen LogP contribution in [0.3, 0.4) is 0 Å². The maximum Gasteiger partial charge on any atom is 0.194 e. The van der Waals surface area contributed by atoms with E-state index in [2.05, 4.69) is 22.1 Å². The van der Waals surface area contributed by atoms with Crippen molar-refractivity contribution in [3.05, 3.63) is 0 Å². The smallest absolute Gasteiger partial charge is 0.194 e. The standard InChI is InChI=1S/C16H31N3O2/c1-2-17-16(19-11-9-14(20)13-19)18-10-12-21-15-7-5-3-4-6-8-15/h14-15,20H,2-13H2,1H3,(H,17,18)/t14-/m1/s1. The molecule has 1 aliphatic carbocycles. The number of aliphatic imine (C=N–C) groups is 1. The Balaban J connectivity index is 1.71. The molecule has 21 heavy (non-hydrogen) atoms. The first-order valence-corrected chi connectivity index (χ1v) is 8.62. The summed E-state index contributed by atoms with van der Waals surface area (Å²) in [6.45, 7) is 5.91. The minimum atomic E-state index is -0.212. The average Bonchev–Trinajstić information content (AvgIpc) is 2.75. The topological polar surface area (TPSA) is 57.1 Å². The summed E-state index contributed by atoms with van der Waals surface area (Å²) in [5, 5.41) is 12.9. The van der Waals surface area contributed by atoms with E-state index >= 15 is 0 Å². The Morgan fingerprint density at radius 2 is 2.00 bits per heavy atom. The molecule has 122 valence electrons. The molecule has 0 unspecified atom stereocenters. The molecule has 0 aromatic rings. The van der Waals surface area contributed by atoms with Crippen molar-refractivity contribution in [2.45, 2.75) is 64.1 Å². The second-order valence-electron chi connectivity index (χ2n) is 6.11. The number of nitrogens with one attached hydrogen (secondary N) is 1. The van der Waals surface area contributed by atoms with Crippen molar-refractivity contribution in [2.75, 3.05) is 32.8 Å². The van der Waals surface area contributed by atoms with Gasteiger partial charge in [0.15, 0.2) is 5.96 Å². The number of nitrogens with zero attached hydrogens (tertiary/aromatic N) is 2. The van der Waals surface area contributed by atoms with E-state index in [0.717, 1.165) is 25.5 Å². The van der Waals surface area contributed by atoms with Crippen LogP contribution in [0.4, 0.5) is 0 Å². The van der Waals surface area contributed by atoms with E-state index in [1.165, 1.54) is 38.5 Å². The maximum atomic E-state index is 9.64. The minimum absolute atomic E-state index is 0.212. The number of hydrogen-bond acceptors (Lipinski definition) is 3. The van der Waals surface area contributed by atoms with Gasteiger partial charge in [-0.05, 0) is 26.2 Å². The Bertz CT molecular complexity index is 315. The summed E-state index contributed by atoms with van der Waals surface area (Å²) >= 11 is 0. The van der Waals surface area contributed by atoms with Gasteiger partial charge in [0.1, 0.15) is 0 Å². The minimum Gasteiger partial charge on any atom is -0.391 e. The van der Waals surface area contributed by atoms with Crippen LogP contribution in [-0.4, -0.2) is 61.0 Å². The first kappa shape index (κ1) is 16.6. The van der Waals surface area contributed by atoms with Gasteiger partial charge < -0.3 is 20.1 Å². The normalized spacial score (nSPS) is 25.1. The first-order chi connectivity index (χ1) is 10.3. The highest BCUT2D eigenvalue weighted by molar-refractivity contribution is 5.80. The van der Waals surface area contributed by atoms with E-state index in [4.69, 9.17) is 4.74 Å². The zero-order valence-corrected chi connectivity index (χ0v) is 13.4. The third-order valence-corrected chi connectivity index (χ3v) is 4.31. The van der Waals surface area contributed by atoms with Crippen LogP contribution in [0.25, 0.3) is 0 Å². The Morgan fingerprint density at radius 3 is 2.62 bits per heavy atom. The van der Waals surface area contributed by atoms with E-state index in [1.807, 2.05) is 0 Å². The van der Waals surface area contributed by atoms with Crippen LogP contribution in [0.15, 0.2) is 4.99 Å². The molecule has 1 saturated heterocycles. The summed E-state index contributed by atoms with van der Waals surface area (Å²) in [7, 11) is 0. The molecule has 0 aromatic heterocycles. The van der Waals surface area contributed by atoms with Crippen molar-refractivity contribution in [2.24, 2.45) is 4.99 Å². The summed E-state index contributed by atoms with van der Waals surface area (Å²) in [6, 6.07) is 0. The summed E-state index contributed by atoms with van der Waals surface area (Å²) in [5.41, 5.74) is 0. The van der Waals surface area contributed by atoms with Gasteiger partial charge in [-0.25, -0.2) is 0 Å². The van der Waals surface area contributed by atoms with E-state index < -0.39 is 0 Å². The van der Waals surface area contributed by atoms with Crippen LogP contribution in [0.1, 0.15) is 51.9 Å². The van der Waals surface area contributed by atoms with Gasteiger partial charge in [-0.1, -0.05) is 25.7 Å². The molecule has 2 fully saturated rings. The average molecular weight is 297 g/mol. The van der Waals surface area contributed by atoms with Gasteiger partial charge >= 0.3 is 0 Å². The number of β-amino-alcohol motifs (C(OH)–C–C–N with tert-alkyl or cyclic N) is 1. The molecule has 0 radical (unpaired) electrons. The second kappa shape index (κ2) is 9.26. The highest BCUT2D eigenvalue weighted by atomic mass is 16.5. The van der Waals surface area contributed by atoms with Crippen LogP contribution < -0.4 is 5.32 Å². The van der Waals surface area contributed by atoms with Crippen molar-refractivity contribution in [1.82, 2.24) is 10.2 Å². The number of hydrogen-bond donors (Lipinski definition) is 2. The largest absolute Gasteiger partial charge is 0.391 e. The molecule has 1 heterocycles. The third kappa shape index (κ3) is 5.83. The molecule has 0 aromatic carbocycles. The maximum absolute atomic E-state index is 9.64. The lowest BCUT2D eigenvalue weighted by Crippen LogP contribution is -2.40. The molecule has 0 bridgehead atoms. The molecule has 2 N–H and O–H groups in total. The predicted octanol–water partition coefficient (Wildman–Crippen LogP) is 1.76. The highest BCUT2D eigenvalue weighted by Crippen LogP contribution is 2.19. The van der Waals surface area contributed by atoms with Crippen LogP contribution >= 0.6 is 0 Å². The molecule has 1 saturated carbocycles. The van der Waals surface area contributed by atoms with Gasteiger partial charge in [-0.2, -0.15) is 0 Å². The summed E-state index contributed by atoms with van der Waals surface area (Å²) in [4.78, 5) is 6.77. The Morgan fingerprint density at radius 1 is 1.24 bits per heavy atom. The summed E-state index contributed by atoms with van der Waals surface area (Å²) in [5.74, 6) is 0.915. The third-order valence-electron chi connectivity index (χ3n) is 4.31. The molecular weight excluding hydrogens is 266 g/mol. The zero-order valence-electron chi connectivity index (χ0n) is 13.4. The van der Waals surface area contributed by atoms with Crippen molar-refractivity contribution in [3.63, 3.8) is 0 Å². The lowest BCUT2D eigenvalue weighted by Gasteiger charge is -2.21. The SMILES string of the molecule is CCNC(=NCCOC1CCCCCC1)N1CC[C@@H](O)C1. The molecule has 0 amide bonds. The molecular formula is C16H31N3O2. The van der Waals surface area contributed by atoms with Gasteiger partial charge in [-0.15, -0.1) is 0 Å². The van der Waals surface area contributed by atoms with Gasteiger partial charge in [-0.3, -0.25) is 4.99 Å². The fraction of sp³-hybridized carbons (Fsp3) is 0.938. The molecule has 0 spiro atoms. The van der Waals surface area contributed by atoms with E-state index in [0.29, 0.717) is 25.8 Å². The number of ether oxygens (including phenoxy) is 1. The summed E-state index contributed by atoms with van der Waals surface area (Å²) < 4.78 is 5.97. The van der Waals surface area contributed by atoms with Gasteiger partial charge in [0, 0.05) is 19.6 Å². The van der Waals surface area contributed by atoms with Gasteiger partial charge in [0.2, 0.25) is 0 Å². The fourth-order valence-corrected chi connectivity index (χ4v) is 3.14. The molecule has 5 nitrogen and oxygen atoms in total. The zero-order chi connectivity index (χ0) is 14.9. The number of likely N-dealkylation sites (tertiary alicyclic amines) is 1. The van der Waals surface area contributed by atoms with Crippen LogP contribution in [0.5, 0.6) is 0 Å². The highest BCUT2D eigenvalue weighted by Gasteiger charge is 2.22. The molecule has 2 rings (SSSR count). The van der Waals surface area contributed by atoms with E-state index in [-0.39, 0.29) is 6.10 Å².